The Morgan fingerprint density at radius 3 is 2.56 bits per heavy atom. The van der Waals surface area contributed by atoms with Gasteiger partial charge in [-0.15, -0.1) is 0 Å². The van der Waals surface area contributed by atoms with Gasteiger partial charge in [0.25, 0.3) is 6.43 Å². The summed E-state index contributed by atoms with van der Waals surface area (Å²) in [5.41, 5.74) is 1.01. The summed E-state index contributed by atoms with van der Waals surface area (Å²) < 4.78 is 29.9. The van der Waals surface area contributed by atoms with Gasteiger partial charge in [-0.1, -0.05) is 0 Å². The molecule has 18 heavy (non-hydrogen) atoms. The minimum atomic E-state index is -2.45. The van der Waals surface area contributed by atoms with E-state index in [-0.39, 0.29) is 5.91 Å². The largest absolute Gasteiger partial charge is 0.494 e. The molecule has 0 aliphatic carbocycles. The van der Waals surface area contributed by atoms with Crippen LogP contribution >= 0.6 is 0 Å². The van der Waals surface area contributed by atoms with E-state index in [4.69, 9.17) is 4.74 Å². The van der Waals surface area contributed by atoms with Crippen LogP contribution in [0.4, 0.5) is 20.2 Å². The number of halogens is 2. The smallest absolute Gasteiger partial charge is 0.258 e. The predicted molar refractivity (Wildman–Crippen MR) is 66.4 cm³/mol. The number of methoxy groups -OCH3 is 1. The maximum Gasteiger partial charge on any atom is 0.258 e. The van der Waals surface area contributed by atoms with Crippen LogP contribution in [0.3, 0.4) is 0 Å². The number of carbonyl (C=O) groups is 1. The predicted octanol–water partition coefficient (Wildman–Crippen LogP) is 2.72. The van der Waals surface area contributed by atoms with Gasteiger partial charge >= 0.3 is 0 Å². The summed E-state index contributed by atoms with van der Waals surface area (Å²) in [6.45, 7) is 2.77. The van der Waals surface area contributed by atoms with Crippen molar-refractivity contribution in [3.8, 4) is 5.75 Å². The molecule has 1 aromatic rings. The maximum atomic E-state index is 12.4. The van der Waals surface area contributed by atoms with Crippen molar-refractivity contribution >= 4 is 17.3 Å². The molecule has 1 aromatic carbocycles. The fraction of sp³-hybridized carbons (Fsp3) is 0.417. The van der Waals surface area contributed by atoms with Crippen molar-refractivity contribution in [1.29, 1.82) is 0 Å². The number of rotatable bonds is 5. The van der Waals surface area contributed by atoms with Crippen molar-refractivity contribution in [3.63, 3.8) is 0 Å². The molecule has 1 amide bonds. The number of benzene rings is 1. The molecule has 0 aliphatic rings. The molecule has 0 radical (unpaired) electrons. The molecule has 1 unspecified atom stereocenters. The van der Waals surface area contributed by atoms with Gasteiger partial charge in [0.15, 0.2) is 0 Å². The van der Waals surface area contributed by atoms with Gasteiger partial charge in [-0.3, -0.25) is 4.79 Å². The van der Waals surface area contributed by atoms with Gasteiger partial charge in [0.2, 0.25) is 5.91 Å². The van der Waals surface area contributed by atoms with Crippen LogP contribution in [0.2, 0.25) is 0 Å². The lowest BCUT2D eigenvalue weighted by atomic mass is 10.2. The zero-order chi connectivity index (χ0) is 13.7. The molecular formula is C12H16F2N2O2. The second-order valence-corrected chi connectivity index (χ2v) is 3.86. The second-order valence-electron chi connectivity index (χ2n) is 3.86. The van der Waals surface area contributed by atoms with E-state index in [9.17, 15) is 13.6 Å². The minimum absolute atomic E-state index is 0.227. The summed E-state index contributed by atoms with van der Waals surface area (Å²) in [6, 6.07) is 3.80. The molecule has 100 valence electrons. The van der Waals surface area contributed by atoms with Gasteiger partial charge in [0.1, 0.15) is 5.75 Å². The molecule has 1 rings (SSSR count). The van der Waals surface area contributed by atoms with E-state index in [1.807, 2.05) is 0 Å². The molecule has 0 fully saturated rings. The standard InChI is InChI=1S/C12H16F2N2O2/c1-7(12(13)14)15-9-4-5-10(16-8(2)17)11(6-9)18-3/h4-7,12,15H,1-3H3,(H,16,17). The van der Waals surface area contributed by atoms with Crippen molar-refractivity contribution in [2.75, 3.05) is 17.7 Å². The monoisotopic (exact) mass is 258 g/mol. The molecule has 0 aromatic heterocycles. The fourth-order valence-corrected chi connectivity index (χ4v) is 1.40. The minimum Gasteiger partial charge on any atom is -0.494 e. The van der Waals surface area contributed by atoms with Crippen molar-refractivity contribution in [2.45, 2.75) is 26.3 Å². The summed E-state index contributed by atoms with van der Waals surface area (Å²) >= 11 is 0. The first-order valence-corrected chi connectivity index (χ1v) is 5.44. The molecule has 0 heterocycles. The molecule has 0 saturated carbocycles. The number of hydrogen-bond acceptors (Lipinski definition) is 3. The van der Waals surface area contributed by atoms with E-state index >= 15 is 0 Å². The van der Waals surface area contributed by atoms with E-state index in [0.717, 1.165) is 0 Å². The summed E-state index contributed by atoms with van der Waals surface area (Å²) in [5, 5.41) is 5.24. The molecule has 6 heteroatoms. The Hall–Kier alpha value is -1.85. The number of anilines is 2. The van der Waals surface area contributed by atoms with Gasteiger partial charge < -0.3 is 15.4 Å². The zero-order valence-corrected chi connectivity index (χ0v) is 10.5. The highest BCUT2D eigenvalue weighted by Crippen LogP contribution is 2.28. The van der Waals surface area contributed by atoms with E-state index in [1.165, 1.54) is 21.0 Å². The fourth-order valence-electron chi connectivity index (χ4n) is 1.40. The van der Waals surface area contributed by atoms with Crippen molar-refractivity contribution < 1.29 is 18.3 Å². The van der Waals surface area contributed by atoms with E-state index in [1.54, 1.807) is 18.2 Å². The molecule has 1 atom stereocenters. The number of ether oxygens (including phenoxy) is 1. The molecule has 0 aliphatic heterocycles. The van der Waals surface area contributed by atoms with Crippen LogP contribution < -0.4 is 15.4 Å². The highest BCUT2D eigenvalue weighted by atomic mass is 19.3. The van der Waals surface area contributed by atoms with Crippen molar-refractivity contribution in [1.82, 2.24) is 0 Å². The van der Waals surface area contributed by atoms with Gasteiger partial charge in [0.05, 0.1) is 18.8 Å². The normalized spacial score (nSPS) is 12.1. The van der Waals surface area contributed by atoms with Crippen LogP contribution in [0.1, 0.15) is 13.8 Å². The lowest BCUT2D eigenvalue weighted by molar-refractivity contribution is -0.114. The van der Waals surface area contributed by atoms with Crippen LogP contribution in [0, 0.1) is 0 Å². The quantitative estimate of drug-likeness (QED) is 0.853. The first-order chi connectivity index (χ1) is 8.43. The van der Waals surface area contributed by atoms with Gasteiger partial charge in [-0.05, 0) is 19.1 Å². The van der Waals surface area contributed by atoms with Gasteiger partial charge in [-0.2, -0.15) is 0 Å². The third-order valence-corrected chi connectivity index (χ3v) is 2.28. The average molecular weight is 258 g/mol. The summed E-state index contributed by atoms with van der Waals surface area (Å²) in [7, 11) is 1.45. The number of hydrogen-bond donors (Lipinski definition) is 2. The Kier molecular flexibility index (Phi) is 4.88. The maximum absolute atomic E-state index is 12.4. The number of carbonyl (C=O) groups excluding carboxylic acids is 1. The van der Waals surface area contributed by atoms with Gasteiger partial charge in [-0.25, -0.2) is 8.78 Å². The highest BCUT2D eigenvalue weighted by molar-refractivity contribution is 5.90. The SMILES string of the molecule is COc1cc(NC(C)C(F)F)ccc1NC(C)=O. The highest BCUT2D eigenvalue weighted by Gasteiger charge is 2.14. The number of nitrogens with one attached hydrogen (secondary N) is 2. The van der Waals surface area contributed by atoms with Crippen molar-refractivity contribution in [3.05, 3.63) is 18.2 Å². The van der Waals surface area contributed by atoms with Crippen molar-refractivity contribution in [2.24, 2.45) is 0 Å². The lowest BCUT2D eigenvalue weighted by Gasteiger charge is -2.16. The van der Waals surface area contributed by atoms with Crippen LogP contribution in [0.15, 0.2) is 18.2 Å². The third-order valence-electron chi connectivity index (χ3n) is 2.28. The second kappa shape index (κ2) is 6.18. The molecule has 2 N–H and O–H groups in total. The number of amides is 1. The Morgan fingerprint density at radius 2 is 2.06 bits per heavy atom. The summed E-state index contributed by atoms with van der Waals surface area (Å²) in [4.78, 5) is 11.0. The Labute approximate surface area is 104 Å². The Bertz CT molecular complexity index is 425. The molecule has 0 spiro atoms. The number of alkyl halides is 2. The first kappa shape index (κ1) is 14.2. The average Bonchev–Trinajstić information content (AvgIpc) is 2.30. The summed E-state index contributed by atoms with van der Waals surface area (Å²) in [5.74, 6) is 0.187. The Morgan fingerprint density at radius 1 is 1.39 bits per heavy atom. The van der Waals surface area contributed by atoms with E-state index < -0.39 is 12.5 Å². The zero-order valence-electron chi connectivity index (χ0n) is 10.5. The van der Waals surface area contributed by atoms with Gasteiger partial charge in [0, 0.05) is 18.7 Å². The Balaban J connectivity index is 2.88. The van der Waals surface area contributed by atoms with Crippen LogP contribution in [0.5, 0.6) is 5.75 Å². The molecule has 0 saturated heterocycles. The first-order valence-electron chi connectivity index (χ1n) is 5.44. The summed E-state index contributed by atoms with van der Waals surface area (Å²) in [6.07, 6.45) is -2.45. The van der Waals surface area contributed by atoms with Crippen LogP contribution in [-0.2, 0) is 4.79 Å². The van der Waals surface area contributed by atoms with E-state index in [0.29, 0.717) is 17.1 Å². The van der Waals surface area contributed by atoms with E-state index in [2.05, 4.69) is 10.6 Å². The molecule has 0 bridgehead atoms. The third kappa shape index (κ3) is 3.87. The molecular weight excluding hydrogens is 242 g/mol. The lowest BCUT2D eigenvalue weighted by Crippen LogP contribution is -2.23. The molecule has 4 nitrogen and oxygen atoms in total. The van der Waals surface area contributed by atoms with Crippen LogP contribution in [-0.4, -0.2) is 25.5 Å². The topological polar surface area (TPSA) is 50.4 Å². The van der Waals surface area contributed by atoms with Crippen LogP contribution in [0.25, 0.3) is 0 Å².